The maximum absolute atomic E-state index is 12.2. The number of nitrogens with zero attached hydrogens (tertiary/aromatic N) is 4. The molecule has 0 spiro atoms. The standard InChI is InChI=1S/C24H30N6O3/c1-4-22(31)26-18-7-5-17(6-8-18)13-29-12-10-19(14-29)27-23-25-11-9-21(28-23)30-20(16(2)3)15-33-24(30)32/h4-9,11,16,19-20H,1,10,12-15H2,2-3H3,(H,26,31)(H,25,27,28). The zero-order valence-corrected chi connectivity index (χ0v) is 19.0. The molecule has 2 N–H and O–H groups in total. The van der Waals surface area contributed by atoms with Gasteiger partial charge in [-0.3, -0.25) is 14.6 Å². The normalized spacial score (nSPS) is 20.7. The summed E-state index contributed by atoms with van der Waals surface area (Å²) in [5.41, 5.74) is 1.93. The first kappa shape index (κ1) is 22.7. The van der Waals surface area contributed by atoms with Gasteiger partial charge in [-0.2, -0.15) is 4.98 Å². The average Bonchev–Trinajstić information content (AvgIpc) is 3.41. The van der Waals surface area contributed by atoms with Gasteiger partial charge in [-0.25, -0.2) is 9.78 Å². The van der Waals surface area contributed by atoms with Crippen molar-refractivity contribution in [3.05, 3.63) is 54.7 Å². The predicted molar refractivity (Wildman–Crippen MR) is 127 cm³/mol. The number of carbonyl (C=O) groups is 2. The molecular weight excluding hydrogens is 420 g/mol. The summed E-state index contributed by atoms with van der Waals surface area (Å²) in [6.07, 6.45) is 3.54. The van der Waals surface area contributed by atoms with Crippen LogP contribution in [0.4, 0.5) is 22.2 Å². The smallest absolute Gasteiger partial charge is 0.415 e. The molecule has 0 saturated carbocycles. The maximum atomic E-state index is 12.2. The van der Waals surface area contributed by atoms with Crippen molar-refractivity contribution < 1.29 is 14.3 Å². The first-order chi connectivity index (χ1) is 15.9. The van der Waals surface area contributed by atoms with Gasteiger partial charge < -0.3 is 15.4 Å². The minimum atomic E-state index is -0.361. The zero-order valence-electron chi connectivity index (χ0n) is 19.0. The SMILES string of the molecule is C=CC(=O)Nc1ccc(CN2CCC(Nc3nccc(N4C(=O)OCC4C(C)C)n3)C2)cc1. The Bertz CT molecular complexity index is 1010. The van der Waals surface area contributed by atoms with E-state index in [1.165, 1.54) is 11.6 Å². The van der Waals surface area contributed by atoms with E-state index in [1.807, 2.05) is 24.3 Å². The second-order valence-electron chi connectivity index (χ2n) is 8.75. The Morgan fingerprint density at radius 2 is 2.09 bits per heavy atom. The van der Waals surface area contributed by atoms with E-state index in [1.54, 1.807) is 17.2 Å². The number of likely N-dealkylation sites (tertiary alicyclic amines) is 1. The molecule has 2 unspecified atom stereocenters. The molecular formula is C24H30N6O3. The molecule has 0 bridgehead atoms. The Labute approximate surface area is 193 Å². The highest BCUT2D eigenvalue weighted by atomic mass is 16.6. The van der Waals surface area contributed by atoms with Crippen molar-refractivity contribution in [3.8, 4) is 0 Å². The molecule has 2 amide bonds. The highest BCUT2D eigenvalue weighted by molar-refractivity contribution is 5.98. The van der Waals surface area contributed by atoms with Crippen LogP contribution in [-0.2, 0) is 16.1 Å². The number of rotatable bonds is 8. The number of hydrogen-bond donors (Lipinski definition) is 2. The third kappa shape index (κ3) is 5.48. The summed E-state index contributed by atoms with van der Waals surface area (Å²) >= 11 is 0. The van der Waals surface area contributed by atoms with Crippen molar-refractivity contribution >= 4 is 29.5 Å². The summed E-state index contributed by atoms with van der Waals surface area (Å²) in [5, 5.41) is 6.17. The van der Waals surface area contributed by atoms with E-state index < -0.39 is 0 Å². The predicted octanol–water partition coefficient (Wildman–Crippen LogP) is 3.27. The van der Waals surface area contributed by atoms with Crippen LogP contribution < -0.4 is 15.5 Å². The molecule has 9 nitrogen and oxygen atoms in total. The van der Waals surface area contributed by atoms with Gasteiger partial charge in [-0.1, -0.05) is 32.6 Å². The van der Waals surface area contributed by atoms with E-state index in [-0.39, 0.29) is 30.0 Å². The topological polar surface area (TPSA) is 99.7 Å². The van der Waals surface area contributed by atoms with Crippen LogP contribution in [0.15, 0.2) is 49.2 Å². The Morgan fingerprint density at radius 1 is 1.30 bits per heavy atom. The number of hydrogen-bond acceptors (Lipinski definition) is 7. The molecule has 2 saturated heterocycles. The lowest BCUT2D eigenvalue weighted by Crippen LogP contribution is -2.38. The molecule has 2 atom stereocenters. The molecule has 2 aliphatic heterocycles. The number of anilines is 3. The molecule has 0 radical (unpaired) electrons. The first-order valence-electron chi connectivity index (χ1n) is 11.2. The summed E-state index contributed by atoms with van der Waals surface area (Å²) in [6, 6.07) is 9.77. The minimum absolute atomic E-state index is 0.0290. The number of benzene rings is 1. The van der Waals surface area contributed by atoms with Crippen LogP contribution in [0, 0.1) is 5.92 Å². The van der Waals surface area contributed by atoms with Crippen molar-refractivity contribution in [2.45, 2.75) is 38.9 Å². The highest BCUT2D eigenvalue weighted by Crippen LogP contribution is 2.26. The van der Waals surface area contributed by atoms with Gasteiger partial charge in [0.1, 0.15) is 12.4 Å². The minimum Gasteiger partial charge on any atom is -0.447 e. The van der Waals surface area contributed by atoms with Gasteiger partial charge in [0.25, 0.3) is 0 Å². The molecule has 3 heterocycles. The van der Waals surface area contributed by atoms with Crippen LogP contribution in [0.25, 0.3) is 0 Å². The fourth-order valence-electron chi connectivity index (χ4n) is 4.16. The van der Waals surface area contributed by atoms with Crippen LogP contribution in [0.1, 0.15) is 25.8 Å². The number of aromatic nitrogens is 2. The van der Waals surface area contributed by atoms with E-state index in [4.69, 9.17) is 4.74 Å². The third-order valence-electron chi connectivity index (χ3n) is 5.98. The molecule has 1 aromatic heterocycles. The number of nitrogens with one attached hydrogen (secondary N) is 2. The Hall–Kier alpha value is -3.46. The number of ether oxygens (including phenoxy) is 1. The Morgan fingerprint density at radius 3 is 2.82 bits per heavy atom. The van der Waals surface area contributed by atoms with Crippen molar-refractivity contribution in [3.63, 3.8) is 0 Å². The molecule has 33 heavy (non-hydrogen) atoms. The summed E-state index contributed by atoms with van der Waals surface area (Å²) in [4.78, 5) is 36.6. The van der Waals surface area contributed by atoms with Crippen molar-refractivity contribution in [2.24, 2.45) is 5.92 Å². The lowest BCUT2D eigenvalue weighted by molar-refractivity contribution is -0.111. The van der Waals surface area contributed by atoms with Gasteiger partial charge in [0.15, 0.2) is 0 Å². The number of cyclic esters (lactones) is 1. The van der Waals surface area contributed by atoms with Gasteiger partial charge in [0.05, 0.1) is 6.04 Å². The van der Waals surface area contributed by atoms with Crippen molar-refractivity contribution in [2.75, 3.05) is 35.2 Å². The van der Waals surface area contributed by atoms with Crippen LogP contribution in [0.5, 0.6) is 0 Å². The molecule has 2 aliphatic rings. The second kappa shape index (κ2) is 9.99. The molecule has 2 fully saturated rings. The molecule has 2 aromatic rings. The largest absolute Gasteiger partial charge is 0.447 e. The quantitative estimate of drug-likeness (QED) is 0.596. The van der Waals surface area contributed by atoms with Crippen molar-refractivity contribution in [1.29, 1.82) is 0 Å². The average molecular weight is 451 g/mol. The van der Waals surface area contributed by atoms with Crippen molar-refractivity contribution in [1.82, 2.24) is 14.9 Å². The zero-order chi connectivity index (χ0) is 23.4. The highest BCUT2D eigenvalue weighted by Gasteiger charge is 2.37. The summed E-state index contributed by atoms with van der Waals surface area (Å²) in [7, 11) is 0. The number of amides is 2. The van der Waals surface area contributed by atoms with E-state index >= 15 is 0 Å². The van der Waals surface area contributed by atoms with E-state index in [0.29, 0.717) is 18.4 Å². The fourth-order valence-corrected chi connectivity index (χ4v) is 4.16. The van der Waals surface area contributed by atoms with Gasteiger partial charge in [0, 0.05) is 37.6 Å². The van der Waals surface area contributed by atoms with Crippen LogP contribution in [0.3, 0.4) is 0 Å². The van der Waals surface area contributed by atoms with Gasteiger partial charge in [-0.05, 0) is 42.2 Å². The fraction of sp³-hybridized carbons (Fsp3) is 0.417. The molecule has 9 heteroatoms. The Balaban J connectivity index is 1.33. The lowest BCUT2D eigenvalue weighted by Gasteiger charge is -2.23. The molecule has 174 valence electrons. The molecule has 0 aliphatic carbocycles. The first-order valence-corrected chi connectivity index (χ1v) is 11.2. The van der Waals surface area contributed by atoms with E-state index in [2.05, 4.69) is 45.9 Å². The number of carbonyl (C=O) groups excluding carboxylic acids is 2. The van der Waals surface area contributed by atoms with E-state index in [9.17, 15) is 9.59 Å². The summed E-state index contributed by atoms with van der Waals surface area (Å²) in [6.45, 7) is 10.6. The molecule has 4 rings (SSSR count). The van der Waals surface area contributed by atoms with E-state index in [0.717, 1.165) is 31.7 Å². The van der Waals surface area contributed by atoms with Crippen LogP contribution in [-0.4, -0.2) is 58.6 Å². The maximum Gasteiger partial charge on any atom is 0.415 e. The van der Waals surface area contributed by atoms with Gasteiger partial charge in [0.2, 0.25) is 11.9 Å². The Kier molecular flexibility index (Phi) is 6.88. The van der Waals surface area contributed by atoms with Gasteiger partial charge >= 0.3 is 6.09 Å². The third-order valence-corrected chi connectivity index (χ3v) is 5.98. The van der Waals surface area contributed by atoms with Crippen LogP contribution >= 0.6 is 0 Å². The molecule has 1 aromatic carbocycles. The lowest BCUT2D eigenvalue weighted by atomic mass is 10.0. The summed E-state index contributed by atoms with van der Waals surface area (Å²) < 4.78 is 5.24. The van der Waals surface area contributed by atoms with Crippen LogP contribution in [0.2, 0.25) is 0 Å². The summed E-state index contributed by atoms with van der Waals surface area (Å²) in [5.74, 6) is 1.12. The monoisotopic (exact) mass is 450 g/mol. The second-order valence-corrected chi connectivity index (χ2v) is 8.75. The van der Waals surface area contributed by atoms with Gasteiger partial charge in [-0.15, -0.1) is 0 Å².